The largest absolute Gasteiger partial charge is 0.465 e. The first-order chi connectivity index (χ1) is 13.5. The van der Waals surface area contributed by atoms with Crippen LogP contribution in [0.1, 0.15) is 27.6 Å². The Kier molecular flexibility index (Phi) is 6.26. The van der Waals surface area contributed by atoms with Crippen LogP contribution in [0.3, 0.4) is 0 Å². The predicted octanol–water partition coefficient (Wildman–Crippen LogP) is 1.59. The average molecular weight is 386 g/mol. The molecule has 0 aromatic heterocycles. The smallest absolute Gasteiger partial charge is 0.337 e. The molecule has 0 radical (unpaired) electrons. The van der Waals surface area contributed by atoms with E-state index in [0.717, 1.165) is 38.4 Å². The number of esters is 1. The number of quaternary nitrogens is 1. The van der Waals surface area contributed by atoms with Crippen LogP contribution in [0.25, 0.3) is 0 Å². The van der Waals surface area contributed by atoms with Crippen LogP contribution in [0.15, 0.2) is 42.5 Å². The highest BCUT2D eigenvalue weighted by Crippen LogP contribution is 2.28. The van der Waals surface area contributed by atoms with E-state index >= 15 is 0 Å². The van der Waals surface area contributed by atoms with Crippen molar-refractivity contribution < 1.29 is 23.6 Å². The number of carbonyl (C=O) groups is 2. The number of nitrogens with zero attached hydrogens (tertiary/aromatic N) is 1. The summed E-state index contributed by atoms with van der Waals surface area (Å²) in [5, 5.41) is 2.83. The SMILES string of the molecule is CC[NH+]1CCN(c2ccc(C(=O)OC)cc2NC(=O)c2cccc(F)c2)CC1. The fourth-order valence-corrected chi connectivity index (χ4v) is 3.40. The second-order valence-corrected chi connectivity index (χ2v) is 6.78. The molecule has 2 aromatic rings. The highest BCUT2D eigenvalue weighted by atomic mass is 19.1. The Morgan fingerprint density at radius 3 is 2.54 bits per heavy atom. The van der Waals surface area contributed by atoms with Gasteiger partial charge in [0.1, 0.15) is 5.82 Å². The van der Waals surface area contributed by atoms with Crippen molar-refractivity contribution in [3.63, 3.8) is 0 Å². The van der Waals surface area contributed by atoms with Crippen LogP contribution in [-0.2, 0) is 4.74 Å². The Bertz CT molecular complexity index is 864. The zero-order valence-corrected chi connectivity index (χ0v) is 16.1. The molecule has 0 atom stereocenters. The van der Waals surface area contributed by atoms with Crippen LogP contribution in [0.2, 0.25) is 0 Å². The van der Waals surface area contributed by atoms with Gasteiger partial charge in [0.15, 0.2) is 0 Å². The summed E-state index contributed by atoms with van der Waals surface area (Å²) in [5.41, 5.74) is 1.91. The molecule has 3 rings (SSSR count). The van der Waals surface area contributed by atoms with Crippen molar-refractivity contribution >= 4 is 23.3 Å². The molecule has 0 spiro atoms. The van der Waals surface area contributed by atoms with Crippen molar-refractivity contribution in [1.29, 1.82) is 0 Å². The van der Waals surface area contributed by atoms with Crippen LogP contribution in [-0.4, -0.2) is 51.7 Å². The fraction of sp³-hybridized carbons (Fsp3) is 0.333. The van der Waals surface area contributed by atoms with Gasteiger partial charge in [-0.15, -0.1) is 0 Å². The lowest BCUT2D eigenvalue weighted by Crippen LogP contribution is -3.14. The van der Waals surface area contributed by atoms with E-state index in [-0.39, 0.29) is 5.56 Å². The van der Waals surface area contributed by atoms with Crippen molar-refractivity contribution in [1.82, 2.24) is 0 Å². The summed E-state index contributed by atoms with van der Waals surface area (Å²) in [4.78, 5) is 28.3. The summed E-state index contributed by atoms with van der Waals surface area (Å²) < 4.78 is 18.3. The van der Waals surface area contributed by atoms with Crippen molar-refractivity contribution in [2.45, 2.75) is 6.92 Å². The van der Waals surface area contributed by atoms with Gasteiger partial charge in [-0.05, 0) is 43.3 Å². The third kappa shape index (κ3) is 4.48. The summed E-state index contributed by atoms with van der Waals surface area (Å²) in [5.74, 6) is -1.39. The van der Waals surface area contributed by atoms with Gasteiger partial charge in [-0.1, -0.05) is 6.07 Å². The highest BCUT2D eigenvalue weighted by Gasteiger charge is 2.22. The molecule has 1 heterocycles. The number of hydrogen-bond acceptors (Lipinski definition) is 4. The summed E-state index contributed by atoms with van der Waals surface area (Å²) in [7, 11) is 1.31. The maximum absolute atomic E-state index is 13.5. The van der Waals surface area contributed by atoms with E-state index in [1.165, 1.54) is 30.2 Å². The molecule has 0 saturated carbocycles. The zero-order valence-electron chi connectivity index (χ0n) is 16.1. The highest BCUT2D eigenvalue weighted by molar-refractivity contribution is 6.06. The summed E-state index contributed by atoms with van der Waals surface area (Å²) in [6, 6.07) is 10.6. The van der Waals surface area contributed by atoms with Crippen LogP contribution in [0, 0.1) is 5.82 Å². The van der Waals surface area contributed by atoms with E-state index in [4.69, 9.17) is 4.74 Å². The molecule has 1 aliphatic rings. The van der Waals surface area contributed by atoms with Gasteiger partial charge < -0.3 is 19.9 Å². The zero-order chi connectivity index (χ0) is 20.1. The first-order valence-electron chi connectivity index (χ1n) is 9.39. The summed E-state index contributed by atoms with van der Waals surface area (Å²) >= 11 is 0. The van der Waals surface area contributed by atoms with Crippen molar-refractivity contribution in [3.05, 3.63) is 59.4 Å². The maximum atomic E-state index is 13.5. The molecular formula is C21H25FN3O3+. The lowest BCUT2D eigenvalue weighted by atomic mass is 10.1. The lowest BCUT2D eigenvalue weighted by molar-refractivity contribution is -0.898. The fourth-order valence-electron chi connectivity index (χ4n) is 3.40. The molecule has 0 bridgehead atoms. The third-order valence-corrected chi connectivity index (χ3v) is 5.06. The Morgan fingerprint density at radius 1 is 1.14 bits per heavy atom. The quantitative estimate of drug-likeness (QED) is 0.766. The first-order valence-corrected chi connectivity index (χ1v) is 9.39. The Labute approximate surface area is 163 Å². The van der Waals surface area contributed by atoms with Gasteiger partial charge in [-0.2, -0.15) is 0 Å². The van der Waals surface area contributed by atoms with Gasteiger partial charge in [0.05, 0.1) is 56.8 Å². The van der Waals surface area contributed by atoms with Crippen LogP contribution in [0.4, 0.5) is 15.8 Å². The number of anilines is 2. The van der Waals surface area contributed by atoms with E-state index in [1.807, 2.05) is 6.07 Å². The van der Waals surface area contributed by atoms with E-state index in [9.17, 15) is 14.0 Å². The molecule has 6 nitrogen and oxygen atoms in total. The van der Waals surface area contributed by atoms with Gasteiger partial charge in [-0.3, -0.25) is 4.79 Å². The number of piperazine rings is 1. The molecule has 0 unspecified atom stereocenters. The molecule has 1 saturated heterocycles. The summed E-state index contributed by atoms with van der Waals surface area (Å²) in [6.07, 6.45) is 0. The van der Waals surface area contributed by atoms with E-state index in [0.29, 0.717) is 11.3 Å². The Balaban J connectivity index is 1.89. The summed E-state index contributed by atoms with van der Waals surface area (Å²) in [6.45, 7) is 6.96. The third-order valence-electron chi connectivity index (χ3n) is 5.06. The van der Waals surface area contributed by atoms with Crippen molar-refractivity contribution in [3.8, 4) is 0 Å². The number of rotatable bonds is 5. The Hall–Kier alpha value is -2.93. The van der Waals surface area contributed by atoms with Gasteiger partial charge in [0.25, 0.3) is 5.91 Å². The van der Waals surface area contributed by atoms with Gasteiger partial charge in [-0.25, -0.2) is 9.18 Å². The minimum Gasteiger partial charge on any atom is -0.465 e. The topological polar surface area (TPSA) is 63.1 Å². The van der Waals surface area contributed by atoms with E-state index < -0.39 is 17.7 Å². The molecule has 28 heavy (non-hydrogen) atoms. The molecule has 1 aliphatic heterocycles. The number of likely N-dealkylation sites (N-methyl/N-ethyl adjacent to an activating group) is 1. The van der Waals surface area contributed by atoms with Gasteiger partial charge >= 0.3 is 5.97 Å². The number of methoxy groups -OCH3 is 1. The van der Waals surface area contributed by atoms with Gasteiger partial charge in [0, 0.05) is 5.56 Å². The second-order valence-electron chi connectivity index (χ2n) is 6.78. The van der Waals surface area contributed by atoms with Crippen LogP contribution in [0.5, 0.6) is 0 Å². The Morgan fingerprint density at radius 2 is 1.89 bits per heavy atom. The standard InChI is InChI=1S/C21H24FN3O3/c1-3-24-9-11-25(12-10-24)19-8-7-16(21(27)28-2)14-18(19)23-20(26)15-5-4-6-17(22)13-15/h4-8,13-14H,3,9-12H2,1-2H3,(H,23,26)/p+1. The second kappa shape index (κ2) is 8.84. The lowest BCUT2D eigenvalue weighted by Gasteiger charge is -2.34. The minimum atomic E-state index is -0.479. The van der Waals surface area contributed by atoms with Crippen LogP contribution >= 0.6 is 0 Å². The van der Waals surface area contributed by atoms with E-state index in [1.54, 1.807) is 18.2 Å². The average Bonchev–Trinajstić information content (AvgIpc) is 2.73. The number of nitrogens with one attached hydrogen (secondary N) is 2. The number of amides is 1. The van der Waals surface area contributed by atoms with Crippen LogP contribution < -0.4 is 15.1 Å². The molecule has 1 fully saturated rings. The first kappa shape index (κ1) is 19.8. The van der Waals surface area contributed by atoms with E-state index in [2.05, 4.69) is 17.1 Å². The molecule has 0 aliphatic carbocycles. The molecular weight excluding hydrogens is 361 g/mol. The molecule has 2 N–H and O–H groups in total. The molecule has 1 amide bonds. The number of hydrogen-bond donors (Lipinski definition) is 2. The predicted molar refractivity (Wildman–Crippen MR) is 106 cm³/mol. The van der Waals surface area contributed by atoms with Crippen molar-refractivity contribution in [2.24, 2.45) is 0 Å². The maximum Gasteiger partial charge on any atom is 0.337 e. The number of ether oxygens (including phenoxy) is 1. The molecule has 7 heteroatoms. The van der Waals surface area contributed by atoms with Crippen molar-refractivity contribution in [2.75, 3.05) is 50.1 Å². The normalized spacial score (nSPS) is 14.6. The monoisotopic (exact) mass is 386 g/mol. The van der Waals surface area contributed by atoms with Gasteiger partial charge in [0.2, 0.25) is 0 Å². The number of carbonyl (C=O) groups excluding carboxylic acids is 2. The molecule has 2 aromatic carbocycles. The minimum absolute atomic E-state index is 0.217. The number of halogens is 1. The molecule has 148 valence electrons. The number of benzene rings is 2.